The molecule has 0 radical (unpaired) electrons. The first kappa shape index (κ1) is 15.2. The molecule has 1 atom stereocenters. The van der Waals surface area contributed by atoms with Crippen molar-refractivity contribution < 1.29 is 24.1 Å². The van der Waals surface area contributed by atoms with Crippen molar-refractivity contribution in [1.29, 1.82) is 0 Å². The van der Waals surface area contributed by atoms with E-state index in [2.05, 4.69) is 5.16 Å². The first-order valence-corrected chi connectivity index (χ1v) is 7.22. The van der Waals surface area contributed by atoms with Crippen LogP contribution in [-0.2, 0) is 14.5 Å². The van der Waals surface area contributed by atoms with Crippen LogP contribution in [-0.4, -0.2) is 34.7 Å². The van der Waals surface area contributed by atoms with Crippen molar-refractivity contribution in [2.45, 2.75) is 33.3 Å². The lowest BCUT2D eigenvalue weighted by molar-refractivity contribution is -0.159. The Morgan fingerprint density at radius 2 is 1.78 bits per heavy atom. The third-order valence-electron chi connectivity index (χ3n) is 3.80. The summed E-state index contributed by atoms with van der Waals surface area (Å²) in [4.78, 5) is 46.6. The third-order valence-corrected chi connectivity index (χ3v) is 3.80. The van der Waals surface area contributed by atoms with Crippen LogP contribution in [0.4, 0.5) is 0 Å². The molecule has 23 heavy (non-hydrogen) atoms. The number of fused-ring (bicyclic) bond motifs is 1. The molecule has 1 aromatic rings. The van der Waals surface area contributed by atoms with E-state index in [0.29, 0.717) is 5.06 Å². The quantitative estimate of drug-likeness (QED) is 0.778. The molecule has 2 aliphatic rings. The van der Waals surface area contributed by atoms with E-state index in [1.165, 1.54) is 12.1 Å². The highest BCUT2D eigenvalue weighted by Gasteiger charge is 2.41. The van der Waals surface area contributed by atoms with E-state index in [-0.39, 0.29) is 34.8 Å². The average Bonchev–Trinajstić information content (AvgIpc) is 3.08. The van der Waals surface area contributed by atoms with Gasteiger partial charge in [-0.1, -0.05) is 43.1 Å². The fourth-order valence-corrected chi connectivity index (χ4v) is 2.35. The second-order valence-electron chi connectivity index (χ2n) is 6.53. The fourth-order valence-electron chi connectivity index (χ4n) is 2.35. The van der Waals surface area contributed by atoms with Gasteiger partial charge >= 0.3 is 5.97 Å². The van der Waals surface area contributed by atoms with E-state index < -0.39 is 17.8 Å². The Bertz CT molecular complexity index is 697. The summed E-state index contributed by atoms with van der Waals surface area (Å²) in [5, 5.41) is 4.19. The summed E-state index contributed by atoms with van der Waals surface area (Å²) in [6.45, 7) is 5.89. The molecule has 0 fully saturated rings. The van der Waals surface area contributed by atoms with Gasteiger partial charge in [0.25, 0.3) is 11.8 Å². The predicted octanol–water partition coefficient (Wildman–Crippen LogP) is 1.93. The van der Waals surface area contributed by atoms with Crippen LogP contribution < -0.4 is 0 Å². The lowest BCUT2D eigenvalue weighted by Crippen LogP contribution is -2.36. The summed E-state index contributed by atoms with van der Waals surface area (Å²) >= 11 is 0. The van der Waals surface area contributed by atoms with E-state index in [0.717, 1.165) is 0 Å². The topological polar surface area (TPSA) is 85.3 Å². The first-order valence-electron chi connectivity index (χ1n) is 7.22. The summed E-state index contributed by atoms with van der Waals surface area (Å²) in [5.74, 6) is -2.18. The van der Waals surface area contributed by atoms with Crippen LogP contribution >= 0.6 is 0 Å². The Morgan fingerprint density at radius 3 is 2.26 bits per heavy atom. The minimum Gasteiger partial charge on any atom is -0.391 e. The van der Waals surface area contributed by atoms with Crippen LogP contribution in [0.2, 0.25) is 0 Å². The molecule has 0 saturated heterocycles. The number of nitrogens with zero attached hydrogens (tertiary/aromatic N) is 2. The number of hydroxylamine groups is 2. The number of imide groups is 1. The summed E-state index contributed by atoms with van der Waals surface area (Å²) in [7, 11) is 0. The highest BCUT2D eigenvalue weighted by molar-refractivity contribution is 6.37. The van der Waals surface area contributed by atoms with Gasteiger partial charge in [-0.3, -0.25) is 9.59 Å². The van der Waals surface area contributed by atoms with E-state index in [4.69, 9.17) is 9.68 Å². The maximum atomic E-state index is 12.1. The molecule has 0 saturated carbocycles. The zero-order valence-corrected chi connectivity index (χ0v) is 13.0. The largest absolute Gasteiger partial charge is 0.391 e. The maximum absolute atomic E-state index is 12.1. The zero-order valence-electron chi connectivity index (χ0n) is 13.0. The zero-order chi connectivity index (χ0) is 16.8. The molecule has 0 spiro atoms. The van der Waals surface area contributed by atoms with Gasteiger partial charge in [0.2, 0.25) is 0 Å². The Morgan fingerprint density at radius 1 is 1.22 bits per heavy atom. The minimum absolute atomic E-state index is 0.0569. The second-order valence-corrected chi connectivity index (χ2v) is 6.53. The molecular weight excluding hydrogens is 300 g/mol. The molecule has 0 N–H and O–H groups in total. The Hall–Kier alpha value is -2.70. The van der Waals surface area contributed by atoms with Gasteiger partial charge in [0.05, 0.1) is 11.1 Å². The number of oxime groups is 1. The van der Waals surface area contributed by atoms with Crippen LogP contribution in [0.15, 0.2) is 29.4 Å². The summed E-state index contributed by atoms with van der Waals surface area (Å²) in [6.07, 6.45) is 0.0122. The monoisotopic (exact) mass is 316 g/mol. The van der Waals surface area contributed by atoms with Crippen molar-refractivity contribution in [3.05, 3.63) is 35.4 Å². The van der Waals surface area contributed by atoms with Crippen molar-refractivity contribution in [3.8, 4) is 0 Å². The van der Waals surface area contributed by atoms with Crippen molar-refractivity contribution in [1.82, 2.24) is 5.06 Å². The highest BCUT2D eigenvalue weighted by atomic mass is 16.7. The number of carbonyl (C=O) groups is 3. The normalized spacial score (nSPS) is 20.2. The van der Waals surface area contributed by atoms with E-state index in [9.17, 15) is 14.4 Å². The number of hydrogen-bond acceptors (Lipinski definition) is 6. The van der Waals surface area contributed by atoms with E-state index in [1.807, 2.05) is 20.8 Å². The van der Waals surface area contributed by atoms with Crippen LogP contribution in [0.3, 0.4) is 0 Å². The van der Waals surface area contributed by atoms with Crippen molar-refractivity contribution in [2.75, 3.05) is 0 Å². The maximum Gasteiger partial charge on any atom is 0.381 e. The lowest BCUT2D eigenvalue weighted by Gasteiger charge is -2.23. The molecule has 2 heterocycles. The van der Waals surface area contributed by atoms with Gasteiger partial charge in [0, 0.05) is 11.8 Å². The van der Waals surface area contributed by atoms with Gasteiger partial charge in [-0.25, -0.2) is 4.79 Å². The predicted molar refractivity (Wildman–Crippen MR) is 79.4 cm³/mol. The van der Waals surface area contributed by atoms with Gasteiger partial charge in [-0.2, -0.15) is 0 Å². The molecule has 0 aromatic heterocycles. The van der Waals surface area contributed by atoms with E-state index >= 15 is 0 Å². The average molecular weight is 316 g/mol. The smallest absolute Gasteiger partial charge is 0.381 e. The van der Waals surface area contributed by atoms with Gasteiger partial charge in [0.1, 0.15) is 6.10 Å². The van der Waals surface area contributed by atoms with Crippen LogP contribution in [0.25, 0.3) is 0 Å². The molecule has 1 unspecified atom stereocenters. The molecule has 7 heteroatoms. The molecule has 120 valence electrons. The number of amides is 2. The Balaban J connectivity index is 1.71. The molecule has 0 bridgehead atoms. The summed E-state index contributed by atoms with van der Waals surface area (Å²) < 4.78 is 0. The van der Waals surface area contributed by atoms with E-state index in [1.54, 1.807) is 12.1 Å². The SMILES string of the molecule is CC(C)(C)C1CC(C(=O)ON2C(=O)c3ccccc3C2=O)=NO1. The fraction of sp³-hybridized carbons (Fsp3) is 0.375. The van der Waals surface area contributed by atoms with Gasteiger partial charge in [-0.05, 0) is 12.1 Å². The Labute approximate surface area is 132 Å². The first-order chi connectivity index (χ1) is 10.8. The van der Waals surface area contributed by atoms with Crippen LogP contribution in [0.5, 0.6) is 0 Å². The van der Waals surface area contributed by atoms with Crippen molar-refractivity contribution >= 4 is 23.5 Å². The van der Waals surface area contributed by atoms with Crippen molar-refractivity contribution in [3.63, 3.8) is 0 Å². The highest BCUT2D eigenvalue weighted by Crippen LogP contribution is 2.30. The lowest BCUT2D eigenvalue weighted by atomic mass is 9.86. The molecule has 7 nitrogen and oxygen atoms in total. The third kappa shape index (κ3) is 2.58. The van der Waals surface area contributed by atoms with Gasteiger partial charge in [-0.15, -0.1) is 0 Å². The number of hydrogen-bond donors (Lipinski definition) is 0. The number of benzene rings is 1. The van der Waals surface area contributed by atoms with Crippen molar-refractivity contribution in [2.24, 2.45) is 10.6 Å². The second kappa shape index (κ2) is 5.19. The minimum atomic E-state index is -0.855. The molecular formula is C16H16N2O5. The summed E-state index contributed by atoms with van der Waals surface area (Å²) in [5.41, 5.74) is 0.285. The van der Waals surface area contributed by atoms with Gasteiger partial charge < -0.3 is 9.68 Å². The summed E-state index contributed by atoms with van der Waals surface area (Å²) in [6, 6.07) is 6.29. The molecule has 3 rings (SSSR count). The number of rotatable bonds is 2. The van der Waals surface area contributed by atoms with Crippen LogP contribution in [0.1, 0.15) is 47.9 Å². The number of carbonyl (C=O) groups excluding carboxylic acids is 3. The van der Waals surface area contributed by atoms with Gasteiger partial charge in [0.15, 0.2) is 5.71 Å². The molecule has 2 amide bonds. The standard InChI is InChI=1S/C16H16N2O5/c1-16(2,3)12-8-11(17-22-12)15(21)23-18-13(19)9-6-4-5-7-10(9)14(18)20/h4-7,12H,8H2,1-3H3. The molecule has 2 aliphatic heterocycles. The van der Waals surface area contributed by atoms with Crippen LogP contribution in [0, 0.1) is 5.41 Å². The molecule has 0 aliphatic carbocycles. The Kier molecular flexibility index (Phi) is 3.43. The molecule has 1 aromatic carbocycles.